The van der Waals surface area contributed by atoms with Crippen molar-refractivity contribution < 1.29 is 9.13 Å². The van der Waals surface area contributed by atoms with Crippen molar-refractivity contribution in [2.45, 2.75) is 38.8 Å². The highest BCUT2D eigenvalue weighted by Crippen LogP contribution is 2.24. The van der Waals surface area contributed by atoms with Crippen molar-refractivity contribution in [3.05, 3.63) is 34.1 Å². The Hall–Kier alpha value is -0.490. The van der Waals surface area contributed by atoms with Gasteiger partial charge in [0.15, 0.2) is 0 Å². The van der Waals surface area contributed by atoms with E-state index in [1.165, 1.54) is 12.1 Å². The van der Waals surface area contributed by atoms with Gasteiger partial charge in [0, 0.05) is 11.1 Å². The molecule has 0 heterocycles. The van der Waals surface area contributed by atoms with E-state index in [-0.39, 0.29) is 11.9 Å². The maximum Gasteiger partial charge on any atom is 0.124 e. The summed E-state index contributed by atoms with van der Waals surface area (Å²) in [7, 11) is 0. The zero-order valence-electron chi connectivity index (χ0n) is 11.0. The van der Waals surface area contributed by atoms with Gasteiger partial charge in [0.25, 0.3) is 0 Å². The Morgan fingerprint density at radius 1 is 1.50 bits per heavy atom. The van der Waals surface area contributed by atoms with Crippen LogP contribution in [0.5, 0.6) is 0 Å². The molecule has 1 aromatic rings. The molecule has 1 unspecified atom stereocenters. The fraction of sp³-hybridized carbons (Fsp3) is 0.538. The lowest BCUT2D eigenvalue weighted by Crippen LogP contribution is -2.52. The van der Waals surface area contributed by atoms with E-state index in [9.17, 15) is 4.39 Å². The molecule has 0 radical (unpaired) electrons. The molecule has 0 bridgehead atoms. The van der Waals surface area contributed by atoms with Gasteiger partial charge in [-0.05, 0) is 44.9 Å². The van der Waals surface area contributed by atoms with Crippen LogP contribution >= 0.6 is 15.9 Å². The molecule has 5 heteroatoms. The lowest BCUT2D eigenvalue weighted by atomic mass is 9.92. The van der Waals surface area contributed by atoms with E-state index >= 15 is 0 Å². The Labute approximate surface area is 116 Å². The topological polar surface area (TPSA) is 47.3 Å². The number of hydrogen-bond acceptors (Lipinski definition) is 3. The molecule has 1 rings (SSSR count). The highest BCUT2D eigenvalue weighted by molar-refractivity contribution is 9.10. The van der Waals surface area contributed by atoms with Crippen LogP contribution in [0.4, 0.5) is 4.39 Å². The zero-order chi connectivity index (χ0) is 13.8. The van der Waals surface area contributed by atoms with Gasteiger partial charge in [-0.3, -0.25) is 11.3 Å². The minimum Gasteiger partial charge on any atom is -0.374 e. The summed E-state index contributed by atoms with van der Waals surface area (Å²) in [6.07, 6.45) is 0.657. The van der Waals surface area contributed by atoms with Gasteiger partial charge < -0.3 is 4.74 Å². The van der Waals surface area contributed by atoms with E-state index in [0.29, 0.717) is 13.0 Å². The summed E-state index contributed by atoms with van der Waals surface area (Å²) >= 11 is 3.36. The average molecular weight is 319 g/mol. The normalized spacial score (nSPS) is 13.7. The standard InChI is InChI=1S/C13H20BrFN2O/c1-4-18-13(2,3)12(17-16)7-9-5-6-10(15)8-11(9)14/h5-6,8,12,17H,4,7,16H2,1-3H3. The first-order valence-corrected chi connectivity index (χ1v) is 6.74. The molecule has 0 saturated carbocycles. The number of hydrogen-bond donors (Lipinski definition) is 2. The van der Waals surface area contributed by atoms with Gasteiger partial charge in [-0.1, -0.05) is 22.0 Å². The molecule has 0 aromatic heterocycles. The minimum absolute atomic E-state index is 0.0563. The van der Waals surface area contributed by atoms with Crippen molar-refractivity contribution in [2.75, 3.05) is 6.61 Å². The quantitative estimate of drug-likeness (QED) is 0.626. The molecule has 0 saturated heterocycles. The Morgan fingerprint density at radius 3 is 2.67 bits per heavy atom. The third kappa shape index (κ3) is 4.02. The summed E-state index contributed by atoms with van der Waals surface area (Å²) in [5.41, 5.74) is 3.38. The molecule has 0 fully saturated rings. The average Bonchev–Trinajstić information content (AvgIpc) is 2.27. The van der Waals surface area contributed by atoms with Crippen LogP contribution in [0, 0.1) is 5.82 Å². The number of nitrogens with two attached hydrogens (primary N) is 1. The van der Waals surface area contributed by atoms with Crippen molar-refractivity contribution in [2.24, 2.45) is 5.84 Å². The first-order chi connectivity index (χ1) is 8.40. The van der Waals surface area contributed by atoms with Crippen LogP contribution in [0.3, 0.4) is 0 Å². The maximum atomic E-state index is 13.0. The molecular formula is C13H20BrFN2O. The van der Waals surface area contributed by atoms with E-state index in [4.69, 9.17) is 10.6 Å². The number of rotatable bonds is 6. The predicted octanol–water partition coefficient (Wildman–Crippen LogP) is 2.78. The highest BCUT2D eigenvalue weighted by atomic mass is 79.9. The summed E-state index contributed by atoms with van der Waals surface area (Å²) in [6.45, 7) is 6.54. The van der Waals surface area contributed by atoms with Gasteiger partial charge in [0.05, 0.1) is 11.6 Å². The third-order valence-electron chi connectivity index (χ3n) is 3.00. The second-order valence-electron chi connectivity index (χ2n) is 4.70. The maximum absolute atomic E-state index is 13.0. The lowest BCUT2D eigenvalue weighted by Gasteiger charge is -2.34. The van der Waals surface area contributed by atoms with Crippen LogP contribution in [-0.4, -0.2) is 18.2 Å². The first kappa shape index (κ1) is 15.6. The first-order valence-electron chi connectivity index (χ1n) is 5.94. The summed E-state index contributed by atoms with van der Waals surface area (Å²) in [5.74, 6) is 5.34. The van der Waals surface area contributed by atoms with Crippen molar-refractivity contribution >= 4 is 15.9 Å². The Kier molecular flexibility index (Phi) is 5.72. The van der Waals surface area contributed by atoms with Gasteiger partial charge >= 0.3 is 0 Å². The molecule has 0 aliphatic carbocycles. The third-order valence-corrected chi connectivity index (χ3v) is 3.73. The molecule has 3 N–H and O–H groups in total. The van der Waals surface area contributed by atoms with Crippen LogP contribution < -0.4 is 11.3 Å². The second kappa shape index (κ2) is 6.61. The van der Waals surface area contributed by atoms with Crippen molar-refractivity contribution in [1.29, 1.82) is 0 Å². The number of ether oxygens (including phenoxy) is 1. The lowest BCUT2D eigenvalue weighted by molar-refractivity contribution is -0.0381. The summed E-state index contributed by atoms with van der Waals surface area (Å²) in [5, 5.41) is 0. The minimum atomic E-state index is -0.392. The van der Waals surface area contributed by atoms with E-state index < -0.39 is 5.60 Å². The number of halogens is 2. The molecule has 102 valence electrons. The van der Waals surface area contributed by atoms with Crippen LogP contribution in [0.2, 0.25) is 0 Å². The number of hydrazine groups is 1. The van der Waals surface area contributed by atoms with Gasteiger partial charge in [-0.2, -0.15) is 0 Å². The van der Waals surface area contributed by atoms with Crippen molar-refractivity contribution in [3.8, 4) is 0 Å². The second-order valence-corrected chi connectivity index (χ2v) is 5.55. The molecule has 1 aromatic carbocycles. The number of benzene rings is 1. The zero-order valence-corrected chi connectivity index (χ0v) is 12.6. The van der Waals surface area contributed by atoms with Crippen molar-refractivity contribution in [1.82, 2.24) is 5.43 Å². The van der Waals surface area contributed by atoms with Gasteiger partial charge in [0.2, 0.25) is 0 Å². The van der Waals surface area contributed by atoms with Gasteiger partial charge in [0.1, 0.15) is 5.82 Å². The van der Waals surface area contributed by atoms with Crippen LogP contribution in [0.1, 0.15) is 26.3 Å². The van der Waals surface area contributed by atoms with E-state index in [2.05, 4.69) is 21.4 Å². The predicted molar refractivity (Wildman–Crippen MR) is 74.6 cm³/mol. The van der Waals surface area contributed by atoms with Crippen molar-refractivity contribution in [3.63, 3.8) is 0 Å². The Morgan fingerprint density at radius 2 is 2.17 bits per heavy atom. The molecule has 0 amide bonds. The fourth-order valence-electron chi connectivity index (χ4n) is 1.89. The fourth-order valence-corrected chi connectivity index (χ4v) is 2.40. The smallest absolute Gasteiger partial charge is 0.124 e. The van der Waals surface area contributed by atoms with E-state index in [1.807, 2.05) is 20.8 Å². The SMILES string of the molecule is CCOC(C)(C)C(Cc1ccc(F)cc1Br)NN. The van der Waals surface area contributed by atoms with Gasteiger partial charge in [-0.25, -0.2) is 4.39 Å². The molecule has 18 heavy (non-hydrogen) atoms. The Balaban J connectivity index is 2.85. The van der Waals surface area contributed by atoms with E-state index in [1.54, 1.807) is 6.07 Å². The van der Waals surface area contributed by atoms with Gasteiger partial charge in [-0.15, -0.1) is 0 Å². The molecule has 0 aliphatic rings. The van der Waals surface area contributed by atoms with Crippen LogP contribution in [-0.2, 0) is 11.2 Å². The number of nitrogens with one attached hydrogen (secondary N) is 1. The largest absolute Gasteiger partial charge is 0.374 e. The summed E-state index contributed by atoms with van der Waals surface area (Å²) in [6, 6.07) is 4.60. The van der Waals surface area contributed by atoms with E-state index in [0.717, 1.165) is 10.0 Å². The monoisotopic (exact) mass is 318 g/mol. The summed E-state index contributed by atoms with van der Waals surface area (Å²) in [4.78, 5) is 0. The van der Waals surface area contributed by atoms with Crippen LogP contribution in [0.25, 0.3) is 0 Å². The molecule has 0 spiro atoms. The van der Waals surface area contributed by atoms with Crippen LogP contribution in [0.15, 0.2) is 22.7 Å². The molecule has 1 atom stereocenters. The summed E-state index contributed by atoms with van der Waals surface area (Å²) < 4.78 is 19.5. The molecular weight excluding hydrogens is 299 g/mol. The highest BCUT2D eigenvalue weighted by Gasteiger charge is 2.29. The molecule has 3 nitrogen and oxygen atoms in total. The molecule has 0 aliphatic heterocycles. The Bertz CT molecular complexity index is 399.